The highest BCUT2D eigenvalue weighted by atomic mass is 35.5. The molecule has 0 aliphatic rings. The van der Waals surface area contributed by atoms with Crippen LogP contribution in [0.25, 0.3) is 0 Å². The summed E-state index contributed by atoms with van der Waals surface area (Å²) in [6.45, 7) is -1.89. The first kappa shape index (κ1) is 17.3. The molecular formula is C13H14ClF3N2O2. The Balaban J connectivity index is 2.22. The van der Waals surface area contributed by atoms with E-state index in [1.807, 2.05) is 0 Å². The largest absolute Gasteiger partial charge is 0.405 e. The van der Waals surface area contributed by atoms with Crippen LogP contribution in [0.5, 0.6) is 0 Å². The third kappa shape index (κ3) is 8.19. The number of hydrogen-bond donors (Lipinski definition) is 2. The zero-order valence-electron chi connectivity index (χ0n) is 11.0. The Morgan fingerprint density at radius 3 is 2.24 bits per heavy atom. The Labute approximate surface area is 124 Å². The van der Waals surface area contributed by atoms with Crippen LogP contribution in [0.3, 0.4) is 0 Å². The van der Waals surface area contributed by atoms with Crippen LogP contribution in [0.4, 0.5) is 13.2 Å². The summed E-state index contributed by atoms with van der Waals surface area (Å²) in [5, 5.41) is 4.51. The zero-order chi connectivity index (χ0) is 15.9. The van der Waals surface area contributed by atoms with Gasteiger partial charge >= 0.3 is 6.18 Å². The van der Waals surface area contributed by atoms with Crippen LogP contribution in [-0.4, -0.2) is 31.1 Å². The molecule has 0 aliphatic carbocycles. The first-order valence-corrected chi connectivity index (χ1v) is 6.48. The zero-order valence-corrected chi connectivity index (χ0v) is 11.7. The molecule has 0 unspecified atom stereocenters. The molecule has 0 saturated heterocycles. The smallest absolute Gasteiger partial charge is 0.347 e. The van der Waals surface area contributed by atoms with Gasteiger partial charge in [-0.1, -0.05) is 23.7 Å². The monoisotopic (exact) mass is 322 g/mol. The minimum Gasteiger partial charge on any atom is -0.347 e. The van der Waals surface area contributed by atoms with E-state index in [-0.39, 0.29) is 6.42 Å². The first-order chi connectivity index (χ1) is 9.76. The predicted octanol–water partition coefficient (Wildman–Crippen LogP) is 2.07. The molecule has 116 valence electrons. The number of carbonyl (C=O) groups excluding carboxylic acids is 2. The van der Waals surface area contributed by atoms with Gasteiger partial charge in [-0.05, 0) is 24.1 Å². The molecule has 4 nitrogen and oxygen atoms in total. The molecule has 21 heavy (non-hydrogen) atoms. The van der Waals surface area contributed by atoms with Gasteiger partial charge in [0.25, 0.3) is 0 Å². The maximum atomic E-state index is 11.8. The topological polar surface area (TPSA) is 58.2 Å². The van der Waals surface area contributed by atoms with Crippen LogP contribution < -0.4 is 10.6 Å². The fraction of sp³-hybridized carbons (Fsp3) is 0.385. The molecule has 0 spiro atoms. The van der Waals surface area contributed by atoms with Crippen molar-refractivity contribution < 1.29 is 22.8 Å². The van der Waals surface area contributed by atoms with Gasteiger partial charge in [-0.3, -0.25) is 9.59 Å². The van der Waals surface area contributed by atoms with Crippen molar-refractivity contribution in [2.45, 2.75) is 19.0 Å². The standard InChI is InChI=1S/C13H14ClF3N2O2/c14-10-4-1-9(2-5-10)3-6-11(20)18-7-12(21)19-8-13(15,16)17/h1-2,4-5H,3,6-8H2,(H,18,20)(H,19,21). The number of benzene rings is 1. The second kappa shape index (κ2) is 7.87. The van der Waals surface area contributed by atoms with Gasteiger partial charge < -0.3 is 10.6 Å². The van der Waals surface area contributed by atoms with E-state index in [4.69, 9.17) is 11.6 Å². The normalized spacial score (nSPS) is 11.0. The Morgan fingerprint density at radius 1 is 1.05 bits per heavy atom. The molecule has 0 saturated carbocycles. The van der Waals surface area contributed by atoms with E-state index in [1.165, 1.54) is 0 Å². The van der Waals surface area contributed by atoms with Crippen molar-refractivity contribution >= 4 is 23.4 Å². The van der Waals surface area contributed by atoms with Crippen molar-refractivity contribution in [1.29, 1.82) is 0 Å². The Hall–Kier alpha value is -1.76. The average molecular weight is 323 g/mol. The first-order valence-electron chi connectivity index (χ1n) is 6.11. The summed E-state index contributed by atoms with van der Waals surface area (Å²) >= 11 is 5.72. The maximum absolute atomic E-state index is 11.8. The number of nitrogens with one attached hydrogen (secondary N) is 2. The van der Waals surface area contributed by atoms with Gasteiger partial charge in [0, 0.05) is 11.4 Å². The summed E-state index contributed by atoms with van der Waals surface area (Å²) in [4.78, 5) is 22.5. The van der Waals surface area contributed by atoms with Gasteiger partial charge in [-0.2, -0.15) is 13.2 Å². The van der Waals surface area contributed by atoms with Crippen LogP contribution in [0.15, 0.2) is 24.3 Å². The quantitative estimate of drug-likeness (QED) is 0.842. The van der Waals surface area contributed by atoms with Gasteiger partial charge in [0.1, 0.15) is 6.54 Å². The molecular weight excluding hydrogens is 309 g/mol. The SMILES string of the molecule is O=C(CCc1ccc(Cl)cc1)NCC(=O)NCC(F)(F)F. The summed E-state index contributed by atoms with van der Waals surface area (Å²) < 4.78 is 35.5. The summed E-state index contributed by atoms with van der Waals surface area (Å²) in [6, 6.07) is 6.93. The Bertz CT molecular complexity index is 489. The summed E-state index contributed by atoms with van der Waals surface area (Å²) in [7, 11) is 0. The molecule has 2 amide bonds. The summed E-state index contributed by atoms with van der Waals surface area (Å²) in [6.07, 6.45) is -3.88. The Morgan fingerprint density at radius 2 is 1.67 bits per heavy atom. The maximum Gasteiger partial charge on any atom is 0.405 e. The van der Waals surface area contributed by atoms with Gasteiger partial charge in [-0.15, -0.1) is 0 Å². The number of carbonyl (C=O) groups is 2. The number of amides is 2. The predicted molar refractivity (Wildman–Crippen MR) is 71.8 cm³/mol. The van der Waals surface area contributed by atoms with E-state index in [2.05, 4.69) is 5.32 Å². The van der Waals surface area contributed by atoms with E-state index in [1.54, 1.807) is 29.6 Å². The van der Waals surface area contributed by atoms with Crippen LogP contribution in [-0.2, 0) is 16.0 Å². The van der Waals surface area contributed by atoms with Crippen LogP contribution in [0.2, 0.25) is 5.02 Å². The second-order valence-electron chi connectivity index (χ2n) is 4.30. The number of alkyl halides is 3. The fourth-order valence-electron chi connectivity index (χ4n) is 1.44. The van der Waals surface area contributed by atoms with Crippen molar-refractivity contribution in [2.24, 2.45) is 0 Å². The van der Waals surface area contributed by atoms with Gasteiger partial charge in [0.15, 0.2) is 0 Å². The van der Waals surface area contributed by atoms with Gasteiger partial charge in [0.2, 0.25) is 11.8 Å². The fourth-order valence-corrected chi connectivity index (χ4v) is 1.56. The minimum absolute atomic E-state index is 0.133. The molecule has 0 bridgehead atoms. The van der Waals surface area contributed by atoms with Crippen molar-refractivity contribution in [1.82, 2.24) is 10.6 Å². The van der Waals surface area contributed by atoms with Crippen molar-refractivity contribution in [3.05, 3.63) is 34.9 Å². The lowest BCUT2D eigenvalue weighted by atomic mass is 10.1. The highest BCUT2D eigenvalue weighted by molar-refractivity contribution is 6.30. The van der Waals surface area contributed by atoms with E-state index in [0.717, 1.165) is 5.56 Å². The third-order valence-corrected chi connectivity index (χ3v) is 2.74. The molecule has 8 heteroatoms. The van der Waals surface area contributed by atoms with Crippen LogP contribution in [0, 0.1) is 0 Å². The van der Waals surface area contributed by atoms with E-state index < -0.39 is 31.1 Å². The lowest BCUT2D eigenvalue weighted by molar-refractivity contribution is -0.138. The highest BCUT2D eigenvalue weighted by Gasteiger charge is 2.27. The molecule has 0 aliphatic heterocycles. The third-order valence-electron chi connectivity index (χ3n) is 2.49. The molecule has 0 heterocycles. The highest BCUT2D eigenvalue weighted by Crippen LogP contribution is 2.12. The van der Waals surface area contributed by atoms with Crippen LogP contribution in [0.1, 0.15) is 12.0 Å². The molecule has 0 aromatic heterocycles. The van der Waals surface area contributed by atoms with Crippen molar-refractivity contribution in [3.8, 4) is 0 Å². The molecule has 0 fully saturated rings. The molecule has 0 atom stereocenters. The molecule has 0 radical (unpaired) electrons. The molecule has 1 rings (SSSR count). The van der Waals surface area contributed by atoms with Crippen LogP contribution >= 0.6 is 11.6 Å². The number of halogens is 4. The minimum atomic E-state index is -4.46. The average Bonchev–Trinajstić information content (AvgIpc) is 2.41. The van der Waals surface area contributed by atoms with Crippen molar-refractivity contribution in [2.75, 3.05) is 13.1 Å². The Kier molecular flexibility index (Phi) is 6.48. The number of rotatable bonds is 6. The van der Waals surface area contributed by atoms with E-state index in [9.17, 15) is 22.8 Å². The number of aryl methyl sites for hydroxylation is 1. The van der Waals surface area contributed by atoms with Crippen molar-refractivity contribution in [3.63, 3.8) is 0 Å². The lowest BCUT2D eigenvalue weighted by Crippen LogP contribution is -2.40. The summed E-state index contributed by atoms with van der Waals surface area (Å²) in [5.41, 5.74) is 0.899. The lowest BCUT2D eigenvalue weighted by Gasteiger charge is -2.09. The number of hydrogen-bond acceptors (Lipinski definition) is 2. The van der Waals surface area contributed by atoms with E-state index >= 15 is 0 Å². The summed E-state index contributed by atoms with van der Waals surface area (Å²) in [5.74, 6) is -1.29. The van der Waals surface area contributed by atoms with Gasteiger partial charge in [-0.25, -0.2) is 0 Å². The molecule has 2 N–H and O–H groups in total. The molecule has 1 aromatic rings. The van der Waals surface area contributed by atoms with E-state index in [0.29, 0.717) is 11.4 Å². The second-order valence-corrected chi connectivity index (χ2v) is 4.73. The van der Waals surface area contributed by atoms with Gasteiger partial charge in [0.05, 0.1) is 6.54 Å². The molecule has 1 aromatic carbocycles.